The summed E-state index contributed by atoms with van der Waals surface area (Å²) in [6, 6.07) is 48.0. The molecule has 0 fully saturated rings. The quantitative estimate of drug-likeness (QED) is 0.230. The first kappa shape index (κ1) is 22.0. The molecule has 7 rings (SSSR count). The molecule has 0 atom stereocenters. The lowest BCUT2D eigenvalue weighted by atomic mass is 9.89. The Balaban J connectivity index is 1.70. The second kappa shape index (κ2) is 8.73. The van der Waals surface area contributed by atoms with Crippen LogP contribution in [0, 0.1) is 0 Å². The van der Waals surface area contributed by atoms with Crippen LogP contribution < -0.4 is 15.9 Å². The van der Waals surface area contributed by atoms with Gasteiger partial charge in [0.25, 0.3) is 0 Å². The van der Waals surface area contributed by atoms with Gasteiger partial charge in [0, 0.05) is 15.9 Å². The van der Waals surface area contributed by atoms with E-state index >= 15 is 4.57 Å². The summed E-state index contributed by atoms with van der Waals surface area (Å²) in [4.78, 5) is 0. The molecule has 1 aliphatic rings. The molecule has 0 amide bonds. The number of benzene rings is 6. The second-order valence-corrected chi connectivity index (χ2v) is 12.3. The van der Waals surface area contributed by atoms with Gasteiger partial charge in [-0.05, 0) is 50.6 Å². The topological polar surface area (TPSA) is 17.1 Å². The van der Waals surface area contributed by atoms with E-state index < -0.39 is 7.14 Å². The molecule has 0 N–H and O–H groups in total. The maximum absolute atomic E-state index is 15.8. The van der Waals surface area contributed by atoms with Crippen LogP contribution in [0.25, 0.3) is 33.0 Å². The highest BCUT2D eigenvalue weighted by atomic mass is 31.2. The van der Waals surface area contributed by atoms with Crippen LogP contribution in [0.1, 0.15) is 11.1 Å². The molecule has 0 heterocycles. The first-order valence-electron chi connectivity index (χ1n) is 12.7. The number of hydrogen-bond donors (Lipinski definition) is 0. The van der Waals surface area contributed by atoms with E-state index in [0.717, 1.165) is 33.1 Å². The molecule has 37 heavy (non-hydrogen) atoms. The highest BCUT2D eigenvalue weighted by molar-refractivity contribution is 7.85. The van der Waals surface area contributed by atoms with E-state index in [1.54, 1.807) is 0 Å². The monoisotopic (exact) mass is 492 g/mol. The molecule has 0 aromatic heterocycles. The van der Waals surface area contributed by atoms with Crippen molar-refractivity contribution in [2.75, 3.05) is 0 Å². The van der Waals surface area contributed by atoms with Crippen LogP contribution in [0.15, 0.2) is 140 Å². The van der Waals surface area contributed by atoms with Gasteiger partial charge in [-0.25, -0.2) is 0 Å². The zero-order chi connectivity index (χ0) is 24.8. The standard InChI is InChI=1S/C35H25OP/c36-37(27-17-6-2-7-18-27,28-19-8-3-9-20-28)35-31-23-13-12-22-30(31)33(25-14-4-1-5-15-25)34-29-21-11-10-16-26(29)24-32(34)35/h1-23H,24H2. The number of fused-ring (bicyclic) bond motifs is 4. The Bertz CT molecular complexity index is 1760. The molecule has 2 heteroatoms. The van der Waals surface area contributed by atoms with E-state index in [1.165, 1.54) is 33.4 Å². The van der Waals surface area contributed by atoms with Crippen LogP contribution in [0.4, 0.5) is 0 Å². The molecule has 1 nitrogen and oxygen atoms in total. The van der Waals surface area contributed by atoms with E-state index in [2.05, 4.69) is 78.9 Å². The molecule has 6 aromatic carbocycles. The lowest BCUT2D eigenvalue weighted by Crippen LogP contribution is -2.28. The highest BCUT2D eigenvalue weighted by Gasteiger charge is 2.38. The molecule has 0 unspecified atom stereocenters. The fraction of sp³-hybridized carbons (Fsp3) is 0.0286. The normalized spacial score (nSPS) is 12.3. The van der Waals surface area contributed by atoms with Gasteiger partial charge in [-0.1, -0.05) is 140 Å². The minimum absolute atomic E-state index is 0.773. The third-order valence-electron chi connectivity index (χ3n) is 7.56. The molecule has 0 spiro atoms. The van der Waals surface area contributed by atoms with Crippen molar-refractivity contribution in [1.29, 1.82) is 0 Å². The largest absolute Gasteiger partial charge is 0.309 e. The summed E-state index contributed by atoms with van der Waals surface area (Å²) in [6.07, 6.45) is 0.773. The fourth-order valence-electron chi connectivity index (χ4n) is 6.00. The van der Waals surface area contributed by atoms with Gasteiger partial charge in [-0.15, -0.1) is 0 Å². The Morgan fingerprint density at radius 2 is 1.00 bits per heavy atom. The molecule has 0 radical (unpaired) electrons. The van der Waals surface area contributed by atoms with Crippen LogP contribution in [0.3, 0.4) is 0 Å². The second-order valence-electron chi connectivity index (χ2n) is 9.60. The molecule has 6 aromatic rings. The zero-order valence-corrected chi connectivity index (χ0v) is 21.2. The number of hydrogen-bond acceptors (Lipinski definition) is 1. The van der Waals surface area contributed by atoms with Crippen molar-refractivity contribution in [3.05, 3.63) is 151 Å². The van der Waals surface area contributed by atoms with Gasteiger partial charge in [0.05, 0.1) is 0 Å². The summed E-state index contributed by atoms with van der Waals surface area (Å²) < 4.78 is 15.8. The van der Waals surface area contributed by atoms with Crippen LogP contribution in [0.5, 0.6) is 0 Å². The van der Waals surface area contributed by atoms with Crippen molar-refractivity contribution in [3.8, 4) is 22.3 Å². The van der Waals surface area contributed by atoms with Crippen LogP contribution in [-0.4, -0.2) is 0 Å². The molecule has 0 saturated heterocycles. The molecule has 1 aliphatic carbocycles. The van der Waals surface area contributed by atoms with E-state index in [0.29, 0.717) is 0 Å². The van der Waals surface area contributed by atoms with Crippen molar-refractivity contribution >= 4 is 33.8 Å². The lowest BCUT2D eigenvalue weighted by Gasteiger charge is -2.26. The van der Waals surface area contributed by atoms with Gasteiger partial charge in [0.2, 0.25) is 0 Å². The van der Waals surface area contributed by atoms with Crippen LogP contribution in [0.2, 0.25) is 0 Å². The Morgan fingerprint density at radius 3 is 1.65 bits per heavy atom. The Labute approximate surface area is 217 Å². The van der Waals surface area contributed by atoms with Gasteiger partial charge in [-0.3, -0.25) is 0 Å². The third-order valence-corrected chi connectivity index (χ3v) is 10.8. The molecule has 0 saturated carbocycles. The van der Waals surface area contributed by atoms with Crippen molar-refractivity contribution in [2.24, 2.45) is 0 Å². The molecular weight excluding hydrogens is 467 g/mol. The molecular formula is C35H25OP. The maximum Gasteiger partial charge on any atom is 0.171 e. The fourth-order valence-corrected chi connectivity index (χ4v) is 9.10. The third kappa shape index (κ3) is 3.35. The first-order valence-corrected chi connectivity index (χ1v) is 14.4. The van der Waals surface area contributed by atoms with Gasteiger partial charge in [-0.2, -0.15) is 0 Å². The van der Waals surface area contributed by atoms with Crippen molar-refractivity contribution in [3.63, 3.8) is 0 Å². The van der Waals surface area contributed by atoms with Crippen LogP contribution >= 0.6 is 7.14 Å². The number of rotatable bonds is 4. The lowest BCUT2D eigenvalue weighted by molar-refractivity contribution is 0.592. The van der Waals surface area contributed by atoms with E-state index in [9.17, 15) is 0 Å². The summed E-state index contributed by atoms with van der Waals surface area (Å²) in [5, 5.41) is 4.94. The van der Waals surface area contributed by atoms with Gasteiger partial charge < -0.3 is 4.57 Å². The molecule has 0 aliphatic heterocycles. The van der Waals surface area contributed by atoms with Gasteiger partial charge in [0.1, 0.15) is 0 Å². The molecule has 0 bridgehead atoms. The van der Waals surface area contributed by atoms with E-state index in [1.807, 2.05) is 60.7 Å². The minimum Gasteiger partial charge on any atom is -0.309 e. The molecule has 176 valence electrons. The average Bonchev–Trinajstić information content (AvgIpc) is 3.35. The minimum atomic E-state index is -3.20. The maximum atomic E-state index is 15.8. The Kier molecular flexibility index (Phi) is 5.20. The van der Waals surface area contributed by atoms with Crippen molar-refractivity contribution < 1.29 is 4.57 Å². The summed E-state index contributed by atoms with van der Waals surface area (Å²) in [5.74, 6) is 0. The van der Waals surface area contributed by atoms with Crippen molar-refractivity contribution in [2.45, 2.75) is 6.42 Å². The van der Waals surface area contributed by atoms with Crippen molar-refractivity contribution in [1.82, 2.24) is 0 Å². The smallest absolute Gasteiger partial charge is 0.171 e. The highest BCUT2D eigenvalue weighted by Crippen LogP contribution is 2.53. The van der Waals surface area contributed by atoms with Gasteiger partial charge >= 0.3 is 0 Å². The summed E-state index contributed by atoms with van der Waals surface area (Å²) in [5.41, 5.74) is 7.37. The zero-order valence-electron chi connectivity index (χ0n) is 20.3. The average molecular weight is 493 g/mol. The summed E-state index contributed by atoms with van der Waals surface area (Å²) >= 11 is 0. The van der Waals surface area contributed by atoms with E-state index in [4.69, 9.17) is 0 Å². The summed E-state index contributed by atoms with van der Waals surface area (Å²) in [7, 11) is -3.20. The SMILES string of the molecule is O=P(c1ccccc1)(c1ccccc1)c1c2c(c(-c3ccccc3)c3ccccc13)-c1ccccc1C2. The predicted molar refractivity (Wildman–Crippen MR) is 157 cm³/mol. The predicted octanol–water partition coefficient (Wildman–Crippen LogP) is 7.72. The van der Waals surface area contributed by atoms with Crippen LogP contribution in [-0.2, 0) is 11.0 Å². The van der Waals surface area contributed by atoms with Gasteiger partial charge in [0.15, 0.2) is 7.14 Å². The Hall–Kier alpha value is -4.19. The first-order chi connectivity index (χ1) is 18.3. The summed E-state index contributed by atoms with van der Waals surface area (Å²) in [6.45, 7) is 0. The Morgan fingerprint density at radius 1 is 0.486 bits per heavy atom. The van der Waals surface area contributed by atoms with E-state index in [-0.39, 0.29) is 0 Å².